The molecule has 0 aliphatic rings. The van der Waals surface area contributed by atoms with Gasteiger partial charge in [-0.15, -0.1) is 0 Å². The van der Waals surface area contributed by atoms with E-state index >= 15 is 0 Å². The van der Waals surface area contributed by atoms with Crippen LogP contribution >= 0.6 is 12.6 Å². The molecule has 0 N–H and O–H groups in total. The highest BCUT2D eigenvalue weighted by Crippen LogP contribution is 2.12. The highest BCUT2D eigenvalue weighted by Gasteiger charge is 2.22. The largest absolute Gasteiger partial charge is 0.468 e. The SMILES string of the molecule is COC(=O)C(C)(C)S. The molecular formula is C5H10O2S. The Morgan fingerprint density at radius 1 is 1.62 bits per heavy atom. The maximum atomic E-state index is 10.5. The summed E-state index contributed by atoms with van der Waals surface area (Å²) in [5.74, 6) is -0.305. The molecule has 48 valence electrons. The van der Waals surface area contributed by atoms with Crippen LogP contribution in [0, 0.1) is 0 Å². The number of hydrogen-bond acceptors (Lipinski definition) is 3. The van der Waals surface area contributed by atoms with Crippen molar-refractivity contribution < 1.29 is 9.53 Å². The summed E-state index contributed by atoms with van der Waals surface area (Å²) in [6.07, 6.45) is 0. The number of rotatable bonds is 1. The number of methoxy groups -OCH3 is 1. The number of ether oxygens (including phenoxy) is 1. The van der Waals surface area contributed by atoms with Gasteiger partial charge in [0.1, 0.15) is 4.75 Å². The summed E-state index contributed by atoms with van der Waals surface area (Å²) < 4.78 is 3.74. The summed E-state index contributed by atoms with van der Waals surface area (Å²) in [5, 5.41) is 0. The topological polar surface area (TPSA) is 26.3 Å². The Morgan fingerprint density at radius 2 is 2.00 bits per heavy atom. The van der Waals surface area contributed by atoms with Gasteiger partial charge in [-0.25, -0.2) is 0 Å². The van der Waals surface area contributed by atoms with Crippen LogP contribution in [0.3, 0.4) is 0 Å². The highest BCUT2D eigenvalue weighted by atomic mass is 32.1. The fraction of sp³-hybridized carbons (Fsp3) is 0.800. The number of thiol groups is 1. The molecule has 0 aromatic heterocycles. The molecule has 0 heterocycles. The molecule has 0 radical (unpaired) electrons. The molecule has 0 saturated heterocycles. The lowest BCUT2D eigenvalue weighted by Gasteiger charge is -2.12. The van der Waals surface area contributed by atoms with Crippen LogP contribution in [-0.4, -0.2) is 17.8 Å². The van der Waals surface area contributed by atoms with Crippen LogP contribution in [0.2, 0.25) is 0 Å². The van der Waals surface area contributed by atoms with Crippen LogP contribution in [0.4, 0.5) is 0 Å². The van der Waals surface area contributed by atoms with Crippen LogP contribution in [0.15, 0.2) is 0 Å². The van der Waals surface area contributed by atoms with Gasteiger partial charge in [-0.05, 0) is 13.8 Å². The molecule has 0 aromatic carbocycles. The van der Waals surface area contributed by atoms with Gasteiger partial charge in [-0.3, -0.25) is 4.79 Å². The van der Waals surface area contributed by atoms with E-state index in [-0.39, 0.29) is 5.97 Å². The van der Waals surface area contributed by atoms with E-state index in [9.17, 15) is 4.79 Å². The van der Waals surface area contributed by atoms with Gasteiger partial charge in [-0.1, -0.05) is 0 Å². The standard InChI is InChI=1S/C5H10O2S/c1-5(2,8)4(6)7-3/h8H,1-3H3. The van der Waals surface area contributed by atoms with E-state index in [1.54, 1.807) is 13.8 Å². The van der Waals surface area contributed by atoms with Crippen molar-refractivity contribution in [3.8, 4) is 0 Å². The Bertz CT molecular complexity index is 93.1. The predicted molar refractivity (Wildman–Crippen MR) is 35.1 cm³/mol. The van der Waals surface area contributed by atoms with Crippen molar-refractivity contribution in [3.05, 3.63) is 0 Å². The molecule has 0 rings (SSSR count). The summed E-state index contributed by atoms with van der Waals surface area (Å²) in [6, 6.07) is 0. The van der Waals surface area contributed by atoms with Crippen molar-refractivity contribution in [2.45, 2.75) is 18.6 Å². The third-order valence-corrected chi connectivity index (χ3v) is 0.868. The molecule has 0 aliphatic heterocycles. The Morgan fingerprint density at radius 3 is 2.00 bits per heavy atom. The quantitative estimate of drug-likeness (QED) is 0.425. The molecule has 3 heteroatoms. The molecule has 2 nitrogen and oxygen atoms in total. The Hall–Kier alpha value is -0.180. The maximum absolute atomic E-state index is 10.5. The van der Waals surface area contributed by atoms with Gasteiger partial charge in [0.25, 0.3) is 0 Å². The van der Waals surface area contributed by atoms with Gasteiger partial charge in [0, 0.05) is 0 Å². The molecule has 0 fully saturated rings. The van der Waals surface area contributed by atoms with Crippen LogP contribution in [-0.2, 0) is 9.53 Å². The number of carbonyl (C=O) groups excluding carboxylic acids is 1. The van der Waals surface area contributed by atoms with E-state index in [0.29, 0.717) is 0 Å². The minimum atomic E-state index is -0.658. The average molecular weight is 134 g/mol. The zero-order valence-electron chi connectivity index (χ0n) is 5.26. The van der Waals surface area contributed by atoms with Crippen molar-refractivity contribution in [1.82, 2.24) is 0 Å². The molecule has 0 amide bonds. The van der Waals surface area contributed by atoms with Crippen LogP contribution in [0.25, 0.3) is 0 Å². The first-order chi connectivity index (χ1) is 3.48. The molecule has 0 saturated carbocycles. The smallest absolute Gasteiger partial charge is 0.321 e. The minimum absolute atomic E-state index is 0.305. The summed E-state index contributed by atoms with van der Waals surface area (Å²) in [6.45, 7) is 3.36. The molecular weight excluding hydrogens is 124 g/mol. The molecule has 0 aromatic rings. The number of esters is 1. The van der Waals surface area contributed by atoms with E-state index in [0.717, 1.165) is 0 Å². The lowest BCUT2D eigenvalue weighted by molar-refractivity contribution is -0.142. The van der Waals surface area contributed by atoms with E-state index in [1.807, 2.05) is 0 Å². The lowest BCUT2D eigenvalue weighted by Crippen LogP contribution is -2.25. The average Bonchev–Trinajstić information content (AvgIpc) is 1.62. The molecule has 0 unspecified atom stereocenters. The fourth-order valence-corrected chi connectivity index (χ4v) is 0.341. The minimum Gasteiger partial charge on any atom is -0.468 e. The first kappa shape index (κ1) is 7.82. The van der Waals surface area contributed by atoms with Crippen molar-refractivity contribution in [1.29, 1.82) is 0 Å². The Balaban J connectivity index is 3.82. The molecule has 0 atom stereocenters. The molecule has 0 spiro atoms. The summed E-state index contributed by atoms with van der Waals surface area (Å²) in [7, 11) is 1.35. The van der Waals surface area contributed by atoms with E-state index in [4.69, 9.17) is 0 Å². The summed E-state index contributed by atoms with van der Waals surface area (Å²) in [4.78, 5) is 10.5. The highest BCUT2D eigenvalue weighted by molar-refractivity contribution is 7.82. The van der Waals surface area contributed by atoms with E-state index < -0.39 is 4.75 Å². The normalized spacial score (nSPS) is 11.0. The van der Waals surface area contributed by atoms with Gasteiger partial charge < -0.3 is 4.74 Å². The van der Waals surface area contributed by atoms with Crippen molar-refractivity contribution >= 4 is 18.6 Å². The van der Waals surface area contributed by atoms with Gasteiger partial charge in [0.2, 0.25) is 0 Å². The summed E-state index contributed by atoms with van der Waals surface area (Å²) >= 11 is 3.96. The van der Waals surface area contributed by atoms with Crippen LogP contribution in [0.5, 0.6) is 0 Å². The molecule has 8 heavy (non-hydrogen) atoms. The van der Waals surface area contributed by atoms with Gasteiger partial charge >= 0.3 is 5.97 Å². The Labute approximate surface area is 54.6 Å². The fourth-order valence-electron chi connectivity index (χ4n) is 0.250. The second kappa shape index (κ2) is 2.40. The second-order valence-electron chi connectivity index (χ2n) is 2.05. The first-order valence-electron chi connectivity index (χ1n) is 2.29. The number of hydrogen-bond donors (Lipinski definition) is 1. The van der Waals surface area contributed by atoms with E-state index in [1.165, 1.54) is 7.11 Å². The first-order valence-corrected chi connectivity index (χ1v) is 2.74. The van der Waals surface area contributed by atoms with E-state index in [2.05, 4.69) is 17.4 Å². The van der Waals surface area contributed by atoms with Gasteiger partial charge in [0.15, 0.2) is 0 Å². The maximum Gasteiger partial charge on any atom is 0.321 e. The molecule has 0 aliphatic carbocycles. The second-order valence-corrected chi connectivity index (χ2v) is 3.17. The van der Waals surface area contributed by atoms with Gasteiger partial charge in [0.05, 0.1) is 7.11 Å². The van der Waals surface area contributed by atoms with Crippen LogP contribution in [0.1, 0.15) is 13.8 Å². The number of carbonyl (C=O) groups is 1. The zero-order chi connectivity index (χ0) is 6.78. The Kier molecular flexibility index (Phi) is 2.34. The van der Waals surface area contributed by atoms with Gasteiger partial charge in [-0.2, -0.15) is 12.6 Å². The third kappa shape index (κ3) is 2.21. The monoisotopic (exact) mass is 134 g/mol. The summed E-state index contributed by atoms with van der Waals surface area (Å²) in [5.41, 5.74) is 0. The van der Waals surface area contributed by atoms with Crippen molar-refractivity contribution in [2.75, 3.05) is 7.11 Å². The lowest BCUT2D eigenvalue weighted by atomic mass is 10.2. The van der Waals surface area contributed by atoms with Crippen molar-refractivity contribution in [3.63, 3.8) is 0 Å². The zero-order valence-corrected chi connectivity index (χ0v) is 6.16. The molecule has 0 bridgehead atoms. The third-order valence-electron chi connectivity index (χ3n) is 0.685. The predicted octanol–water partition coefficient (Wildman–Crippen LogP) is 0.868. The van der Waals surface area contributed by atoms with Crippen LogP contribution < -0.4 is 0 Å². The van der Waals surface area contributed by atoms with Crippen molar-refractivity contribution in [2.24, 2.45) is 0 Å².